The number of amides is 2. The summed E-state index contributed by atoms with van der Waals surface area (Å²) in [6, 6.07) is 12.2. The van der Waals surface area contributed by atoms with Crippen molar-refractivity contribution in [3.8, 4) is 11.5 Å². The zero-order valence-corrected chi connectivity index (χ0v) is 25.9. The fourth-order valence-corrected chi connectivity index (χ4v) is 4.98. The predicted octanol–water partition coefficient (Wildman–Crippen LogP) is 4.28. The molecule has 1 aliphatic rings. The third kappa shape index (κ3) is 9.70. The highest BCUT2D eigenvalue weighted by Crippen LogP contribution is 2.38. The number of carbonyl (C=O) groups is 3. The number of alkyl halides is 3. The topological polar surface area (TPSA) is 154 Å². The maximum atomic E-state index is 13.8. The van der Waals surface area contributed by atoms with Gasteiger partial charge in [-0.2, -0.15) is 13.2 Å². The van der Waals surface area contributed by atoms with Crippen molar-refractivity contribution in [3.05, 3.63) is 77.4 Å². The summed E-state index contributed by atoms with van der Waals surface area (Å²) >= 11 is 0. The number of halogens is 3. The van der Waals surface area contributed by atoms with Gasteiger partial charge in [0.2, 0.25) is 11.8 Å². The molecule has 1 aliphatic heterocycles. The molecule has 250 valence electrons. The monoisotopic (exact) mass is 648 g/mol. The van der Waals surface area contributed by atoms with Gasteiger partial charge in [0, 0.05) is 37.4 Å². The highest BCUT2D eigenvalue weighted by molar-refractivity contribution is 5.89. The summed E-state index contributed by atoms with van der Waals surface area (Å²) < 4.78 is 43.3. The number of H-pyrrole nitrogens is 1. The number of carboxylic acids is 1. The van der Waals surface area contributed by atoms with Gasteiger partial charge in [0.15, 0.2) is 0 Å². The predicted molar refractivity (Wildman–Crippen MR) is 161 cm³/mol. The lowest BCUT2D eigenvalue weighted by Crippen LogP contribution is -2.66. The molecule has 14 heteroatoms. The van der Waals surface area contributed by atoms with Crippen molar-refractivity contribution in [2.24, 2.45) is 0 Å². The molecule has 0 radical (unpaired) electrons. The minimum atomic E-state index is -5.08. The van der Waals surface area contributed by atoms with Crippen molar-refractivity contribution in [2.75, 3.05) is 26.8 Å². The van der Waals surface area contributed by atoms with E-state index in [4.69, 9.17) is 19.4 Å². The van der Waals surface area contributed by atoms with E-state index in [0.29, 0.717) is 37.4 Å². The number of aromatic amines is 1. The van der Waals surface area contributed by atoms with Crippen LogP contribution in [0.15, 0.2) is 55.0 Å². The van der Waals surface area contributed by atoms with Crippen LogP contribution in [0, 0.1) is 6.92 Å². The van der Waals surface area contributed by atoms with Crippen LogP contribution in [0.5, 0.6) is 11.5 Å². The van der Waals surface area contributed by atoms with E-state index >= 15 is 0 Å². The number of imidazole rings is 1. The number of unbranched alkanes of at least 4 members (excludes halogenated alkanes) is 1. The molecule has 46 heavy (non-hydrogen) atoms. The molecule has 1 unspecified atom stereocenters. The summed E-state index contributed by atoms with van der Waals surface area (Å²) in [5, 5.41) is 20.6. The van der Waals surface area contributed by atoms with Crippen molar-refractivity contribution >= 4 is 17.8 Å². The van der Waals surface area contributed by atoms with Crippen LogP contribution >= 0.6 is 0 Å². The summed E-state index contributed by atoms with van der Waals surface area (Å²) in [5.74, 6) is -2.69. The third-order valence-corrected chi connectivity index (χ3v) is 7.48. The van der Waals surface area contributed by atoms with Gasteiger partial charge in [-0.05, 0) is 42.5 Å². The Labute approximate surface area is 264 Å². The van der Waals surface area contributed by atoms with E-state index < -0.39 is 23.8 Å². The number of phenolic OH excluding ortho intramolecular Hbond substituents is 1. The normalized spacial score (nSPS) is 14.3. The van der Waals surface area contributed by atoms with E-state index in [1.807, 2.05) is 12.1 Å². The Morgan fingerprint density at radius 3 is 2.43 bits per heavy atom. The Kier molecular flexibility index (Phi) is 12.6. The molecule has 2 aromatic carbocycles. The molecule has 11 nitrogen and oxygen atoms in total. The number of methoxy groups -OCH3 is 1. The van der Waals surface area contributed by atoms with E-state index in [2.05, 4.69) is 41.3 Å². The van der Waals surface area contributed by atoms with Crippen LogP contribution in [0.25, 0.3) is 0 Å². The first-order valence-corrected chi connectivity index (χ1v) is 14.7. The number of carboxylic acid groups (broad SMARTS) is 1. The maximum Gasteiger partial charge on any atom is 0.490 e. The molecule has 0 aliphatic carbocycles. The number of aromatic hydroxyl groups is 1. The number of aryl methyl sites for hydroxylation is 2. The van der Waals surface area contributed by atoms with Crippen LogP contribution < -0.4 is 10.1 Å². The lowest BCUT2D eigenvalue weighted by Gasteiger charge is -2.51. The number of aliphatic carboxylic acids is 1. The number of likely N-dealkylation sites (tertiary alicyclic amines) is 1. The van der Waals surface area contributed by atoms with Crippen LogP contribution in [0.2, 0.25) is 0 Å². The summed E-state index contributed by atoms with van der Waals surface area (Å²) in [7, 11) is 1.52. The zero-order valence-electron chi connectivity index (χ0n) is 25.9. The Hall–Kier alpha value is -4.59. The highest BCUT2D eigenvalue weighted by Gasteiger charge is 2.49. The molecule has 0 saturated carbocycles. The van der Waals surface area contributed by atoms with Crippen LogP contribution in [-0.2, 0) is 37.6 Å². The number of nitrogens with zero attached hydrogens (tertiary/aromatic N) is 2. The lowest BCUT2D eigenvalue weighted by molar-refractivity contribution is -0.192. The second-order valence-electron chi connectivity index (χ2n) is 10.9. The molecule has 0 bridgehead atoms. The standard InChI is InChI=1S/C30H38N4O5.C2HF3O2/c1-4-5-14-39-30(25-9-7-6-8-21(25)2)18-34(19-30)29(37)26(15-22-10-12-24(38-3)16-27(22)35)33-28(36)13-11-23-17-31-20-32-23;3-2(4,5)1(6)7/h6-10,12,16-17,20,26,35H,4-5,11,13-15,18-19H2,1-3H3,(H,31,32)(H,33,36);(H,6,7). The molecule has 2 heterocycles. The number of ether oxygens (including phenoxy) is 2. The number of rotatable bonds is 13. The second kappa shape index (κ2) is 16.1. The second-order valence-corrected chi connectivity index (χ2v) is 10.9. The summed E-state index contributed by atoms with van der Waals surface area (Å²) in [5.41, 5.74) is 3.02. The molecular weight excluding hydrogens is 609 g/mol. The van der Waals surface area contributed by atoms with Gasteiger partial charge >= 0.3 is 12.1 Å². The molecule has 4 rings (SSSR count). The third-order valence-electron chi connectivity index (χ3n) is 7.48. The van der Waals surface area contributed by atoms with Gasteiger partial charge in [-0.3, -0.25) is 9.59 Å². The molecule has 2 amide bonds. The first-order valence-electron chi connectivity index (χ1n) is 14.7. The van der Waals surface area contributed by atoms with Crippen LogP contribution in [0.1, 0.15) is 48.6 Å². The van der Waals surface area contributed by atoms with Gasteiger partial charge in [0.1, 0.15) is 23.1 Å². The van der Waals surface area contributed by atoms with E-state index in [0.717, 1.165) is 29.7 Å². The molecule has 1 atom stereocenters. The van der Waals surface area contributed by atoms with Gasteiger partial charge in [-0.25, -0.2) is 9.78 Å². The fraction of sp³-hybridized carbons (Fsp3) is 0.438. The van der Waals surface area contributed by atoms with Crippen LogP contribution in [-0.4, -0.2) is 81.9 Å². The Bertz CT molecular complexity index is 1460. The molecule has 1 fully saturated rings. The number of carbonyl (C=O) groups excluding carboxylic acids is 2. The molecule has 3 aromatic rings. The average molecular weight is 649 g/mol. The first-order chi connectivity index (χ1) is 21.8. The SMILES string of the molecule is CCCCOC1(c2ccccc2C)CN(C(=O)C(Cc2ccc(OC)cc2O)NC(=O)CCc2cnc[nH]2)C1.O=C(O)C(F)(F)F. The summed E-state index contributed by atoms with van der Waals surface area (Å²) in [6.45, 7) is 5.58. The van der Waals surface area contributed by atoms with Crippen molar-refractivity contribution in [2.45, 2.75) is 63.8 Å². The Balaban J connectivity index is 0.000000738. The van der Waals surface area contributed by atoms with Crippen LogP contribution in [0.3, 0.4) is 0 Å². The quantitative estimate of drug-likeness (QED) is 0.200. The smallest absolute Gasteiger partial charge is 0.490 e. The van der Waals surface area contributed by atoms with Gasteiger partial charge in [0.05, 0.1) is 26.5 Å². The number of phenols is 1. The van der Waals surface area contributed by atoms with Gasteiger partial charge < -0.3 is 34.9 Å². The number of hydrogen-bond acceptors (Lipinski definition) is 7. The molecule has 1 saturated heterocycles. The van der Waals surface area contributed by atoms with E-state index in [1.165, 1.54) is 13.2 Å². The minimum absolute atomic E-state index is 0.0135. The largest absolute Gasteiger partial charge is 0.508 e. The molecule has 1 aromatic heterocycles. The van der Waals surface area contributed by atoms with E-state index in [-0.39, 0.29) is 30.4 Å². The summed E-state index contributed by atoms with van der Waals surface area (Å²) in [4.78, 5) is 44.3. The average Bonchev–Trinajstić information content (AvgIpc) is 3.52. The van der Waals surface area contributed by atoms with Crippen molar-refractivity contribution in [1.82, 2.24) is 20.2 Å². The summed E-state index contributed by atoms with van der Waals surface area (Å²) in [6.07, 6.45) is 0.945. The maximum absolute atomic E-state index is 13.8. The number of benzene rings is 2. The van der Waals surface area contributed by atoms with Crippen LogP contribution in [0.4, 0.5) is 13.2 Å². The fourth-order valence-electron chi connectivity index (χ4n) is 4.98. The van der Waals surface area contributed by atoms with Crippen molar-refractivity contribution in [1.29, 1.82) is 0 Å². The molecule has 4 N–H and O–H groups in total. The van der Waals surface area contributed by atoms with Crippen molar-refractivity contribution in [3.63, 3.8) is 0 Å². The number of hydrogen-bond donors (Lipinski definition) is 4. The Morgan fingerprint density at radius 1 is 1.17 bits per heavy atom. The van der Waals surface area contributed by atoms with Crippen molar-refractivity contribution < 1.29 is 47.2 Å². The minimum Gasteiger partial charge on any atom is -0.508 e. The highest BCUT2D eigenvalue weighted by atomic mass is 19.4. The van der Waals surface area contributed by atoms with E-state index in [1.54, 1.807) is 29.6 Å². The number of aromatic nitrogens is 2. The van der Waals surface area contributed by atoms with E-state index in [9.17, 15) is 27.9 Å². The first kappa shape index (κ1) is 35.9. The van der Waals surface area contributed by atoms with Gasteiger partial charge in [0.25, 0.3) is 0 Å². The van der Waals surface area contributed by atoms with Gasteiger partial charge in [-0.15, -0.1) is 0 Å². The molecular formula is C32H39F3N4O7. The zero-order chi connectivity index (χ0) is 33.9. The number of nitrogens with one attached hydrogen (secondary N) is 2. The van der Waals surface area contributed by atoms with Gasteiger partial charge in [-0.1, -0.05) is 43.7 Å². The molecule has 0 spiro atoms. The Morgan fingerprint density at radius 2 is 1.87 bits per heavy atom. The lowest BCUT2D eigenvalue weighted by atomic mass is 9.82.